The average molecular weight is 466 g/mol. The lowest BCUT2D eigenvalue weighted by atomic mass is 10.0. The highest BCUT2D eigenvalue weighted by molar-refractivity contribution is 7.16. The van der Waals surface area contributed by atoms with Crippen LogP contribution < -0.4 is 4.74 Å². The van der Waals surface area contributed by atoms with E-state index in [1.165, 1.54) is 0 Å². The molecule has 1 aliphatic heterocycles. The highest BCUT2D eigenvalue weighted by Gasteiger charge is 2.35. The average Bonchev–Trinajstić information content (AvgIpc) is 3.58. The van der Waals surface area contributed by atoms with Gasteiger partial charge in [0.25, 0.3) is 5.91 Å². The SMILES string of the molecule is COc1cccc(Cn2c(C(=O)N3CCN(C(=O)C4CCCC4)C(C)C3)cc3ccsc32)c1. The quantitative estimate of drug-likeness (QED) is 0.552. The molecular formula is C26H31N3O3S. The van der Waals surface area contributed by atoms with Crippen LogP contribution in [0.3, 0.4) is 0 Å². The molecule has 1 aliphatic carbocycles. The molecule has 3 aromatic rings. The first-order valence-corrected chi connectivity index (χ1v) is 12.7. The fraction of sp³-hybridized carbons (Fsp3) is 0.462. The van der Waals surface area contributed by atoms with Crippen molar-refractivity contribution >= 4 is 33.4 Å². The number of methoxy groups -OCH3 is 1. The second kappa shape index (κ2) is 9.21. The highest BCUT2D eigenvalue weighted by atomic mass is 32.1. The number of hydrogen-bond donors (Lipinski definition) is 0. The maximum absolute atomic E-state index is 13.7. The summed E-state index contributed by atoms with van der Waals surface area (Å²) in [6.07, 6.45) is 4.34. The molecule has 6 nitrogen and oxygen atoms in total. The van der Waals surface area contributed by atoms with Gasteiger partial charge >= 0.3 is 0 Å². The van der Waals surface area contributed by atoms with Crippen LogP contribution in [0.1, 0.15) is 48.7 Å². The number of rotatable bonds is 5. The molecule has 1 unspecified atom stereocenters. The number of amides is 2. The lowest BCUT2D eigenvalue weighted by molar-refractivity contribution is -0.139. The predicted molar refractivity (Wildman–Crippen MR) is 131 cm³/mol. The third-order valence-electron chi connectivity index (χ3n) is 7.10. The van der Waals surface area contributed by atoms with Crippen molar-refractivity contribution in [2.75, 3.05) is 26.7 Å². The fourth-order valence-corrected chi connectivity index (χ4v) is 6.20. The molecule has 3 heterocycles. The standard InChI is InChI=1S/C26H31N3O3S/c1-18-16-27(11-12-28(18)24(30)20-7-3-4-8-20)25(31)23-15-21-10-13-33-26(21)29(23)17-19-6-5-9-22(14-19)32-2/h5-6,9-10,13-15,18,20H,3-4,7-8,11-12,16-17H2,1-2H3. The number of carbonyl (C=O) groups is 2. The molecular weight excluding hydrogens is 434 g/mol. The van der Waals surface area contributed by atoms with Crippen LogP contribution in [0.25, 0.3) is 10.2 Å². The zero-order chi connectivity index (χ0) is 22.9. The minimum Gasteiger partial charge on any atom is -0.497 e. The Balaban J connectivity index is 1.36. The minimum atomic E-state index is 0.0405. The summed E-state index contributed by atoms with van der Waals surface area (Å²) in [5, 5.41) is 3.16. The first-order chi connectivity index (χ1) is 16.0. The molecule has 0 N–H and O–H groups in total. The van der Waals surface area contributed by atoms with Crippen LogP contribution in [0.15, 0.2) is 41.8 Å². The van der Waals surface area contributed by atoms with Crippen molar-refractivity contribution in [3.63, 3.8) is 0 Å². The van der Waals surface area contributed by atoms with E-state index in [4.69, 9.17) is 4.74 Å². The maximum Gasteiger partial charge on any atom is 0.270 e. The van der Waals surface area contributed by atoms with Crippen molar-refractivity contribution in [2.24, 2.45) is 5.92 Å². The van der Waals surface area contributed by atoms with Crippen LogP contribution in [0.4, 0.5) is 0 Å². The molecule has 1 saturated heterocycles. The van der Waals surface area contributed by atoms with Crippen molar-refractivity contribution in [1.29, 1.82) is 0 Å². The number of carbonyl (C=O) groups excluding carboxylic acids is 2. The van der Waals surface area contributed by atoms with Crippen LogP contribution in [0, 0.1) is 5.92 Å². The smallest absolute Gasteiger partial charge is 0.270 e. The fourth-order valence-electron chi connectivity index (χ4n) is 5.30. The van der Waals surface area contributed by atoms with Gasteiger partial charge in [0, 0.05) is 43.5 Å². The van der Waals surface area contributed by atoms with Gasteiger partial charge in [-0.2, -0.15) is 0 Å². The third kappa shape index (κ3) is 4.26. The van der Waals surface area contributed by atoms with Crippen molar-refractivity contribution in [3.05, 3.63) is 53.0 Å². The van der Waals surface area contributed by atoms with Gasteiger partial charge in [0.2, 0.25) is 5.91 Å². The summed E-state index contributed by atoms with van der Waals surface area (Å²) in [4.78, 5) is 31.6. The number of benzene rings is 1. The summed E-state index contributed by atoms with van der Waals surface area (Å²) in [7, 11) is 1.67. The van der Waals surface area contributed by atoms with Crippen LogP contribution in [0.2, 0.25) is 0 Å². The number of ether oxygens (including phenoxy) is 1. The van der Waals surface area contributed by atoms with Gasteiger partial charge in [-0.3, -0.25) is 9.59 Å². The second-order valence-corrected chi connectivity index (χ2v) is 10.2. The number of fused-ring (bicyclic) bond motifs is 1. The van der Waals surface area contributed by atoms with Gasteiger partial charge in [0.1, 0.15) is 16.3 Å². The molecule has 7 heteroatoms. The Bertz CT molecular complexity index is 1160. The summed E-state index contributed by atoms with van der Waals surface area (Å²) < 4.78 is 7.51. The van der Waals surface area contributed by atoms with Crippen molar-refractivity contribution < 1.29 is 14.3 Å². The third-order valence-corrected chi connectivity index (χ3v) is 8.05. The molecule has 2 amide bonds. The van der Waals surface area contributed by atoms with Crippen LogP contribution in [0.5, 0.6) is 5.75 Å². The van der Waals surface area contributed by atoms with Crippen LogP contribution in [-0.4, -0.2) is 59.0 Å². The molecule has 33 heavy (non-hydrogen) atoms. The topological polar surface area (TPSA) is 54.8 Å². The van der Waals surface area contributed by atoms with E-state index < -0.39 is 0 Å². The highest BCUT2D eigenvalue weighted by Crippen LogP contribution is 2.30. The number of piperazine rings is 1. The van der Waals surface area contributed by atoms with E-state index >= 15 is 0 Å². The van der Waals surface area contributed by atoms with Crippen molar-refractivity contribution in [2.45, 2.75) is 45.2 Å². The largest absolute Gasteiger partial charge is 0.497 e. The normalized spacial score (nSPS) is 19.4. The predicted octanol–water partition coefficient (Wildman–Crippen LogP) is 4.62. The molecule has 5 rings (SSSR count). The summed E-state index contributed by atoms with van der Waals surface area (Å²) in [5.74, 6) is 1.32. The minimum absolute atomic E-state index is 0.0405. The number of hydrogen-bond acceptors (Lipinski definition) is 4. The molecule has 1 saturated carbocycles. The molecule has 0 radical (unpaired) electrons. The van der Waals surface area contributed by atoms with Gasteiger partial charge < -0.3 is 19.1 Å². The van der Waals surface area contributed by atoms with E-state index in [1.807, 2.05) is 34.1 Å². The molecule has 2 aromatic heterocycles. The van der Waals surface area contributed by atoms with Crippen LogP contribution >= 0.6 is 11.3 Å². The number of nitrogens with zero attached hydrogens (tertiary/aromatic N) is 3. The second-order valence-electron chi connectivity index (χ2n) is 9.26. The Hall–Kier alpha value is -2.80. The molecule has 2 aliphatic rings. The van der Waals surface area contributed by atoms with Crippen molar-refractivity contribution in [1.82, 2.24) is 14.4 Å². The molecule has 0 spiro atoms. The first-order valence-electron chi connectivity index (χ1n) is 11.8. The Kier molecular flexibility index (Phi) is 6.15. The van der Waals surface area contributed by atoms with E-state index in [0.29, 0.717) is 31.9 Å². The van der Waals surface area contributed by atoms with Gasteiger partial charge in [0.05, 0.1) is 7.11 Å². The Morgan fingerprint density at radius 1 is 1.12 bits per heavy atom. The molecule has 1 atom stereocenters. The summed E-state index contributed by atoms with van der Waals surface area (Å²) in [6.45, 7) is 4.46. The van der Waals surface area contributed by atoms with E-state index in [9.17, 15) is 9.59 Å². The monoisotopic (exact) mass is 465 g/mol. The summed E-state index contributed by atoms with van der Waals surface area (Å²) in [6, 6.07) is 12.1. The Morgan fingerprint density at radius 2 is 1.94 bits per heavy atom. The molecule has 2 fully saturated rings. The van der Waals surface area contributed by atoms with Crippen molar-refractivity contribution in [3.8, 4) is 5.75 Å². The lowest BCUT2D eigenvalue weighted by Gasteiger charge is -2.41. The van der Waals surface area contributed by atoms with Gasteiger partial charge in [-0.15, -0.1) is 11.3 Å². The van der Waals surface area contributed by atoms with Gasteiger partial charge in [-0.1, -0.05) is 25.0 Å². The van der Waals surface area contributed by atoms with Gasteiger partial charge in [-0.05, 0) is 55.0 Å². The summed E-state index contributed by atoms with van der Waals surface area (Å²) >= 11 is 1.66. The van der Waals surface area contributed by atoms with Gasteiger partial charge in [-0.25, -0.2) is 0 Å². The van der Waals surface area contributed by atoms with E-state index in [0.717, 1.165) is 47.2 Å². The maximum atomic E-state index is 13.7. The number of aromatic nitrogens is 1. The van der Waals surface area contributed by atoms with Gasteiger partial charge in [0.15, 0.2) is 0 Å². The summed E-state index contributed by atoms with van der Waals surface area (Å²) in [5.41, 5.74) is 1.80. The first kappa shape index (κ1) is 22.0. The van der Waals surface area contributed by atoms with E-state index in [2.05, 4.69) is 29.0 Å². The molecule has 0 bridgehead atoms. The Morgan fingerprint density at radius 3 is 2.70 bits per heavy atom. The zero-order valence-electron chi connectivity index (χ0n) is 19.3. The van der Waals surface area contributed by atoms with E-state index in [-0.39, 0.29) is 23.8 Å². The molecule has 1 aromatic carbocycles. The number of thiophene rings is 1. The Labute approximate surface area is 198 Å². The zero-order valence-corrected chi connectivity index (χ0v) is 20.1. The van der Waals surface area contributed by atoms with E-state index in [1.54, 1.807) is 18.4 Å². The molecule has 174 valence electrons. The lowest BCUT2D eigenvalue weighted by Crippen LogP contribution is -2.56. The van der Waals surface area contributed by atoms with Crippen LogP contribution in [-0.2, 0) is 11.3 Å².